The van der Waals surface area contributed by atoms with Gasteiger partial charge in [0.2, 0.25) is 0 Å². The van der Waals surface area contributed by atoms with E-state index < -0.39 is 0 Å². The lowest BCUT2D eigenvalue weighted by Gasteiger charge is -2.11. The Kier molecular flexibility index (Phi) is 8.27. The number of nitrogens with one attached hydrogen (secondary N) is 1. The molecule has 0 bridgehead atoms. The maximum Gasteiger partial charge on any atom is 0.251 e. The van der Waals surface area contributed by atoms with Crippen molar-refractivity contribution in [2.75, 3.05) is 13.2 Å². The lowest BCUT2D eigenvalue weighted by atomic mass is 10.1. The maximum atomic E-state index is 13.0. The summed E-state index contributed by atoms with van der Waals surface area (Å²) in [6.07, 6.45) is 4.66. The standard InChI is InChI=1S/C28H30FN3O2/c29-23-17-15-22(16-18-23)28(33)30-19-8-2-5-14-27-31-25-12-6-7-13-26(25)32(27)20-9-21-34-24-10-3-1-4-11-24/h1,3-4,6-7,10-13,15-18H,2,5,8-9,14,19-21H2,(H,30,33). The van der Waals surface area contributed by atoms with Crippen LogP contribution in [-0.4, -0.2) is 28.6 Å². The molecule has 4 aromatic rings. The summed E-state index contributed by atoms with van der Waals surface area (Å²) in [6.45, 7) is 2.11. The second-order valence-electron chi connectivity index (χ2n) is 8.26. The number of benzene rings is 3. The van der Waals surface area contributed by atoms with Crippen LogP contribution in [0.25, 0.3) is 11.0 Å². The Morgan fingerprint density at radius 2 is 1.65 bits per heavy atom. The van der Waals surface area contributed by atoms with E-state index in [9.17, 15) is 9.18 Å². The number of para-hydroxylation sites is 3. The van der Waals surface area contributed by atoms with Crippen molar-refractivity contribution in [2.24, 2.45) is 0 Å². The molecule has 0 fully saturated rings. The highest BCUT2D eigenvalue weighted by molar-refractivity contribution is 5.94. The average Bonchev–Trinajstić information content (AvgIpc) is 3.22. The highest BCUT2D eigenvalue weighted by atomic mass is 19.1. The number of rotatable bonds is 12. The van der Waals surface area contributed by atoms with Crippen LogP contribution in [0.2, 0.25) is 0 Å². The minimum absolute atomic E-state index is 0.167. The molecule has 0 atom stereocenters. The number of fused-ring (bicyclic) bond motifs is 1. The van der Waals surface area contributed by atoms with Crippen molar-refractivity contribution in [2.45, 2.75) is 38.6 Å². The van der Waals surface area contributed by atoms with Crippen molar-refractivity contribution in [1.29, 1.82) is 0 Å². The summed E-state index contributed by atoms with van der Waals surface area (Å²) in [4.78, 5) is 17.0. The molecule has 1 N–H and O–H groups in total. The normalized spacial score (nSPS) is 11.0. The van der Waals surface area contributed by atoms with Crippen LogP contribution < -0.4 is 10.1 Å². The van der Waals surface area contributed by atoms with Crippen LogP contribution in [0, 0.1) is 5.82 Å². The Morgan fingerprint density at radius 3 is 2.47 bits per heavy atom. The zero-order valence-corrected chi connectivity index (χ0v) is 19.3. The molecular formula is C28H30FN3O2. The number of amides is 1. The van der Waals surface area contributed by atoms with Crippen LogP contribution in [-0.2, 0) is 13.0 Å². The first-order valence-electron chi connectivity index (χ1n) is 11.9. The molecule has 0 unspecified atom stereocenters. The second kappa shape index (κ2) is 12.0. The van der Waals surface area contributed by atoms with Crippen molar-refractivity contribution >= 4 is 16.9 Å². The predicted octanol–water partition coefficient (Wildman–Crippen LogP) is 5.79. The van der Waals surface area contributed by atoms with E-state index in [-0.39, 0.29) is 11.7 Å². The number of carbonyl (C=O) groups excluding carboxylic acids is 1. The SMILES string of the molecule is O=C(NCCCCCc1nc2ccccc2n1CCCOc1ccccc1)c1ccc(F)cc1. The zero-order chi connectivity index (χ0) is 23.6. The molecule has 34 heavy (non-hydrogen) atoms. The lowest BCUT2D eigenvalue weighted by molar-refractivity contribution is 0.0953. The molecule has 4 rings (SSSR count). The lowest BCUT2D eigenvalue weighted by Crippen LogP contribution is -2.24. The molecule has 1 heterocycles. The third kappa shape index (κ3) is 6.44. The summed E-state index contributed by atoms with van der Waals surface area (Å²) < 4.78 is 21.1. The van der Waals surface area contributed by atoms with Crippen molar-refractivity contribution in [3.05, 3.63) is 96.1 Å². The first-order valence-corrected chi connectivity index (χ1v) is 11.9. The van der Waals surface area contributed by atoms with E-state index in [1.165, 1.54) is 24.3 Å². The van der Waals surface area contributed by atoms with Gasteiger partial charge in [-0.15, -0.1) is 0 Å². The van der Waals surface area contributed by atoms with Crippen LogP contribution in [0.4, 0.5) is 4.39 Å². The van der Waals surface area contributed by atoms with Crippen molar-refractivity contribution in [1.82, 2.24) is 14.9 Å². The Labute approximate surface area is 199 Å². The number of nitrogens with zero attached hydrogens (tertiary/aromatic N) is 2. The smallest absolute Gasteiger partial charge is 0.251 e. The molecule has 6 heteroatoms. The van der Waals surface area contributed by atoms with Crippen LogP contribution >= 0.6 is 0 Å². The fraction of sp³-hybridized carbons (Fsp3) is 0.286. The first-order chi connectivity index (χ1) is 16.7. The van der Waals surface area contributed by atoms with Gasteiger partial charge in [-0.25, -0.2) is 9.37 Å². The summed E-state index contributed by atoms with van der Waals surface area (Å²) in [5, 5.41) is 2.90. The van der Waals surface area contributed by atoms with Crippen molar-refractivity contribution in [3.8, 4) is 5.75 Å². The van der Waals surface area contributed by atoms with E-state index in [2.05, 4.69) is 28.1 Å². The molecule has 0 aliphatic carbocycles. The molecule has 1 aromatic heterocycles. The van der Waals surface area contributed by atoms with Gasteiger partial charge in [0.15, 0.2) is 0 Å². The van der Waals surface area contributed by atoms with Gasteiger partial charge in [0.05, 0.1) is 17.6 Å². The number of carbonyl (C=O) groups is 1. The minimum atomic E-state index is -0.341. The van der Waals surface area contributed by atoms with Crippen molar-refractivity contribution in [3.63, 3.8) is 0 Å². The zero-order valence-electron chi connectivity index (χ0n) is 19.3. The van der Waals surface area contributed by atoms with Crippen LogP contribution in [0.15, 0.2) is 78.9 Å². The molecule has 0 aliphatic rings. The number of unbranched alkanes of at least 4 members (excludes halogenated alkanes) is 2. The maximum absolute atomic E-state index is 13.0. The first kappa shape index (κ1) is 23.5. The third-order valence-corrected chi connectivity index (χ3v) is 5.74. The number of hydrogen-bond acceptors (Lipinski definition) is 3. The minimum Gasteiger partial charge on any atom is -0.494 e. The Balaban J connectivity index is 1.23. The quantitative estimate of drug-likeness (QED) is 0.273. The van der Waals surface area contributed by atoms with Gasteiger partial charge in [-0.05, 0) is 67.8 Å². The Morgan fingerprint density at radius 1 is 0.882 bits per heavy atom. The van der Waals surface area contributed by atoms with E-state index in [0.717, 1.165) is 61.3 Å². The van der Waals surface area contributed by atoms with Gasteiger partial charge in [-0.1, -0.05) is 36.8 Å². The molecule has 0 aliphatic heterocycles. The van der Waals surface area contributed by atoms with Gasteiger partial charge in [-0.3, -0.25) is 4.79 Å². The second-order valence-corrected chi connectivity index (χ2v) is 8.26. The molecule has 1 amide bonds. The molecule has 5 nitrogen and oxygen atoms in total. The van der Waals surface area contributed by atoms with E-state index in [1.54, 1.807) is 0 Å². The van der Waals surface area contributed by atoms with Gasteiger partial charge in [-0.2, -0.15) is 0 Å². The number of aryl methyl sites for hydroxylation is 2. The van der Waals surface area contributed by atoms with E-state index >= 15 is 0 Å². The topological polar surface area (TPSA) is 56.2 Å². The number of aromatic nitrogens is 2. The third-order valence-electron chi connectivity index (χ3n) is 5.74. The van der Waals surface area contributed by atoms with Gasteiger partial charge < -0.3 is 14.6 Å². The predicted molar refractivity (Wildman–Crippen MR) is 133 cm³/mol. The summed E-state index contributed by atoms with van der Waals surface area (Å²) >= 11 is 0. The van der Waals surface area contributed by atoms with Crippen molar-refractivity contribution < 1.29 is 13.9 Å². The Bertz CT molecular complexity index is 1190. The number of imidazole rings is 1. The van der Waals surface area contributed by atoms with Crippen LogP contribution in [0.1, 0.15) is 41.9 Å². The van der Waals surface area contributed by atoms with E-state index in [4.69, 9.17) is 9.72 Å². The monoisotopic (exact) mass is 459 g/mol. The number of halogens is 1. The molecule has 0 saturated carbocycles. The van der Waals surface area contributed by atoms with Gasteiger partial charge in [0, 0.05) is 25.1 Å². The fourth-order valence-electron chi connectivity index (χ4n) is 3.99. The van der Waals surface area contributed by atoms with E-state index in [1.807, 2.05) is 36.4 Å². The highest BCUT2D eigenvalue weighted by Gasteiger charge is 2.10. The molecule has 0 radical (unpaired) electrons. The van der Waals surface area contributed by atoms with Gasteiger partial charge >= 0.3 is 0 Å². The molecule has 3 aromatic carbocycles. The van der Waals surface area contributed by atoms with Gasteiger partial charge in [0.1, 0.15) is 17.4 Å². The van der Waals surface area contributed by atoms with Crippen LogP contribution in [0.3, 0.4) is 0 Å². The highest BCUT2D eigenvalue weighted by Crippen LogP contribution is 2.19. The Hall–Kier alpha value is -3.67. The number of hydrogen-bond donors (Lipinski definition) is 1. The summed E-state index contributed by atoms with van der Waals surface area (Å²) in [7, 11) is 0. The summed E-state index contributed by atoms with van der Waals surface area (Å²) in [6, 6.07) is 23.7. The largest absolute Gasteiger partial charge is 0.494 e. The molecule has 0 saturated heterocycles. The average molecular weight is 460 g/mol. The number of ether oxygens (including phenoxy) is 1. The molecule has 0 spiro atoms. The van der Waals surface area contributed by atoms with E-state index in [0.29, 0.717) is 18.7 Å². The summed E-state index contributed by atoms with van der Waals surface area (Å²) in [5.74, 6) is 1.48. The summed E-state index contributed by atoms with van der Waals surface area (Å²) in [5.41, 5.74) is 2.66. The van der Waals surface area contributed by atoms with Crippen LogP contribution in [0.5, 0.6) is 5.75 Å². The van der Waals surface area contributed by atoms with Gasteiger partial charge in [0.25, 0.3) is 5.91 Å². The molecular weight excluding hydrogens is 429 g/mol. The fourth-order valence-corrected chi connectivity index (χ4v) is 3.99. The molecule has 176 valence electrons.